The number of hydrogen-bond donors (Lipinski definition) is 2. The van der Waals surface area contributed by atoms with E-state index >= 15 is 0 Å². The van der Waals surface area contributed by atoms with Gasteiger partial charge in [0.2, 0.25) is 0 Å². The van der Waals surface area contributed by atoms with Crippen LogP contribution in [0.1, 0.15) is 49.6 Å². The Bertz CT molecular complexity index is 1330. The first-order chi connectivity index (χ1) is 18.6. The third kappa shape index (κ3) is 6.00. The number of tetrazole rings is 1. The molecule has 1 aliphatic heterocycles. The lowest BCUT2D eigenvalue weighted by Gasteiger charge is -2.51. The average Bonchev–Trinajstić information content (AvgIpc) is 3.35. The number of benzene rings is 1. The van der Waals surface area contributed by atoms with Crippen LogP contribution in [0.5, 0.6) is 0 Å². The Morgan fingerprint density at radius 3 is 2.35 bits per heavy atom. The third-order valence-electron chi connectivity index (χ3n) is 6.53. The predicted molar refractivity (Wildman–Crippen MR) is 134 cm³/mol. The number of ether oxygens (including phenoxy) is 1. The summed E-state index contributed by atoms with van der Waals surface area (Å²) in [6.07, 6.45) is -11.5. The molecule has 1 amide bonds. The van der Waals surface area contributed by atoms with Gasteiger partial charge in [0.1, 0.15) is 10.3 Å². The summed E-state index contributed by atoms with van der Waals surface area (Å²) in [4.78, 5) is 19.3. The number of carbonyl (C=O) groups is 1. The molecule has 0 saturated carbocycles. The lowest BCUT2D eigenvalue weighted by molar-refractivity contribution is -0.143. The predicted octanol–water partition coefficient (Wildman–Crippen LogP) is 6.38. The molecule has 16 heteroatoms. The number of H-pyrrole nitrogens is 1. The molecular formula is C24H24BrF6N7O2. The van der Waals surface area contributed by atoms with E-state index in [0.29, 0.717) is 28.1 Å². The molecular weight excluding hydrogens is 612 g/mol. The molecule has 2 aromatic heterocycles. The van der Waals surface area contributed by atoms with Gasteiger partial charge < -0.3 is 10.1 Å². The van der Waals surface area contributed by atoms with Gasteiger partial charge in [-0.15, -0.1) is 5.10 Å². The first-order valence-corrected chi connectivity index (χ1v) is 12.9. The number of anilines is 2. The monoisotopic (exact) mass is 635 g/mol. The van der Waals surface area contributed by atoms with Gasteiger partial charge in [0, 0.05) is 5.92 Å². The van der Waals surface area contributed by atoms with Gasteiger partial charge in [0.15, 0.2) is 0 Å². The number of nitrogens with one attached hydrogen (secondary N) is 2. The highest BCUT2D eigenvalue weighted by Gasteiger charge is 2.52. The number of carbonyl (C=O) groups excluding carboxylic acids is 1. The number of alkyl halides is 6. The fourth-order valence-corrected chi connectivity index (χ4v) is 5.25. The summed E-state index contributed by atoms with van der Waals surface area (Å²) in [6.45, 7) is 4.99. The molecule has 1 aromatic carbocycles. The molecule has 0 saturated heterocycles. The average molecular weight is 636 g/mol. The normalized spacial score (nSPS) is 19.5. The van der Waals surface area contributed by atoms with Crippen LogP contribution in [-0.4, -0.2) is 43.5 Å². The summed E-state index contributed by atoms with van der Waals surface area (Å²) in [5.41, 5.74) is -3.82. The largest absolute Gasteiger partial charge is 0.446 e. The summed E-state index contributed by atoms with van der Waals surface area (Å²) in [6, 6.07) is 4.68. The quantitative estimate of drug-likeness (QED) is 0.239. The molecule has 2 unspecified atom stereocenters. The molecule has 0 spiro atoms. The fourth-order valence-electron chi connectivity index (χ4n) is 4.90. The number of nitrogens with zero attached hydrogens (tertiary/aromatic N) is 5. The smallest absolute Gasteiger partial charge is 0.416 e. The van der Waals surface area contributed by atoms with E-state index in [2.05, 4.69) is 46.9 Å². The topological polar surface area (TPSA) is 109 Å². The zero-order chi connectivity index (χ0) is 29.5. The Hall–Kier alpha value is -3.43. The number of pyridine rings is 1. The van der Waals surface area contributed by atoms with Gasteiger partial charge in [-0.2, -0.15) is 31.6 Å². The van der Waals surface area contributed by atoms with Gasteiger partial charge in [-0.25, -0.2) is 9.78 Å². The van der Waals surface area contributed by atoms with Crippen LogP contribution >= 0.6 is 15.9 Å². The molecule has 0 radical (unpaired) electrons. The van der Waals surface area contributed by atoms with Crippen LogP contribution in [0, 0.1) is 5.92 Å². The third-order valence-corrected chi connectivity index (χ3v) is 6.97. The van der Waals surface area contributed by atoms with Gasteiger partial charge in [0.05, 0.1) is 28.6 Å². The molecule has 0 fully saturated rings. The first-order valence-electron chi connectivity index (χ1n) is 12.1. The standard InChI is InChI=1S/C24H24BrF6N7O2/c1-4-22(33-20-34-36-37-35-20)14(7-13-8-15(23(26,27)28)10-16(9-13)24(29,30)31)11-17-18(5-6-19(25)32-17)38(22)21(39)40-12(2)3/h5-6,8-10,12,14H,4,7,11H2,1-3H3,(H2,33,34,35,36,37). The summed E-state index contributed by atoms with van der Waals surface area (Å²) < 4.78 is 87.7. The van der Waals surface area contributed by atoms with Crippen molar-refractivity contribution in [1.82, 2.24) is 25.6 Å². The van der Waals surface area contributed by atoms with Crippen molar-refractivity contribution in [1.29, 1.82) is 0 Å². The maximum atomic E-state index is 13.6. The molecule has 216 valence electrons. The molecule has 9 nitrogen and oxygen atoms in total. The van der Waals surface area contributed by atoms with Gasteiger partial charge >= 0.3 is 18.4 Å². The highest BCUT2D eigenvalue weighted by atomic mass is 79.9. The number of rotatable bonds is 6. The van der Waals surface area contributed by atoms with E-state index < -0.39 is 47.3 Å². The number of amides is 1. The minimum Gasteiger partial charge on any atom is -0.446 e. The zero-order valence-corrected chi connectivity index (χ0v) is 22.9. The van der Waals surface area contributed by atoms with Gasteiger partial charge in [0.25, 0.3) is 5.95 Å². The van der Waals surface area contributed by atoms with Crippen molar-refractivity contribution >= 4 is 33.7 Å². The van der Waals surface area contributed by atoms with Crippen LogP contribution in [-0.2, 0) is 29.9 Å². The number of hydrogen-bond acceptors (Lipinski definition) is 7. The Morgan fingerprint density at radius 1 is 1.18 bits per heavy atom. The van der Waals surface area contributed by atoms with E-state index in [1.807, 2.05) is 0 Å². The second-order valence-electron chi connectivity index (χ2n) is 9.53. The SMILES string of the molecule is CCC1(Nc2nn[nH]n2)C(Cc2cc(C(F)(F)F)cc(C(F)(F)F)c2)Cc2nc(Br)ccc2N1C(=O)OC(C)C. The van der Waals surface area contributed by atoms with Gasteiger partial charge in [-0.1, -0.05) is 12.0 Å². The summed E-state index contributed by atoms with van der Waals surface area (Å²) in [7, 11) is 0. The first kappa shape index (κ1) is 29.6. The zero-order valence-electron chi connectivity index (χ0n) is 21.4. The Morgan fingerprint density at radius 2 is 1.82 bits per heavy atom. The molecule has 4 rings (SSSR count). The van der Waals surface area contributed by atoms with Crippen LogP contribution in [0.2, 0.25) is 0 Å². The van der Waals surface area contributed by atoms with E-state index in [9.17, 15) is 31.1 Å². The van der Waals surface area contributed by atoms with Crippen LogP contribution < -0.4 is 10.2 Å². The molecule has 2 N–H and O–H groups in total. The molecule has 40 heavy (non-hydrogen) atoms. The summed E-state index contributed by atoms with van der Waals surface area (Å²) >= 11 is 3.29. The van der Waals surface area contributed by atoms with Gasteiger partial charge in [-0.3, -0.25) is 4.90 Å². The second kappa shape index (κ2) is 10.9. The van der Waals surface area contributed by atoms with Crippen molar-refractivity contribution in [3.05, 3.63) is 57.3 Å². The van der Waals surface area contributed by atoms with E-state index in [1.54, 1.807) is 32.9 Å². The van der Waals surface area contributed by atoms with Crippen LogP contribution in [0.3, 0.4) is 0 Å². The van der Waals surface area contributed by atoms with Crippen LogP contribution in [0.4, 0.5) is 42.8 Å². The van der Waals surface area contributed by atoms with Crippen molar-refractivity contribution in [3.63, 3.8) is 0 Å². The minimum atomic E-state index is -5.01. The molecule has 3 heterocycles. The summed E-state index contributed by atoms with van der Waals surface area (Å²) in [5.74, 6) is -0.864. The lowest BCUT2D eigenvalue weighted by atomic mass is 9.76. The molecule has 3 aromatic rings. The van der Waals surface area contributed by atoms with Crippen LogP contribution in [0.25, 0.3) is 0 Å². The van der Waals surface area contributed by atoms with Crippen molar-refractivity contribution in [2.24, 2.45) is 5.92 Å². The van der Waals surface area contributed by atoms with E-state index in [1.165, 1.54) is 4.90 Å². The highest BCUT2D eigenvalue weighted by Crippen LogP contribution is 2.45. The van der Waals surface area contributed by atoms with E-state index in [-0.39, 0.29) is 36.8 Å². The fraction of sp³-hybridized carbons (Fsp3) is 0.458. The maximum absolute atomic E-state index is 13.6. The van der Waals surface area contributed by atoms with Crippen molar-refractivity contribution < 1.29 is 35.9 Å². The second-order valence-corrected chi connectivity index (χ2v) is 10.3. The summed E-state index contributed by atoms with van der Waals surface area (Å²) in [5, 5.41) is 16.7. The number of halogens is 7. The Kier molecular flexibility index (Phi) is 8.02. The molecule has 2 atom stereocenters. The molecule has 0 bridgehead atoms. The Balaban J connectivity index is 1.92. The Labute approximate surface area is 232 Å². The maximum Gasteiger partial charge on any atom is 0.416 e. The number of aromatic amines is 1. The van der Waals surface area contributed by atoms with E-state index in [0.717, 1.165) is 0 Å². The van der Waals surface area contributed by atoms with Crippen molar-refractivity contribution in [3.8, 4) is 0 Å². The highest BCUT2D eigenvalue weighted by molar-refractivity contribution is 9.10. The number of aromatic nitrogens is 5. The van der Waals surface area contributed by atoms with Crippen molar-refractivity contribution in [2.75, 3.05) is 10.2 Å². The number of fused-ring (bicyclic) bond motifs is 1. The molecule has 0 aliphatic carbocycles. The van der Waals surface area contributed by atoms with E-state index in [4.69, 9.17) is 4.74 Å². The minimum absolute atomic E-state index is 0.0391. The van der Waals surface area contributed by atoms with Crippen LogP contribution in [0.15, 0.2) is 34.9 Å². The van der Waals surface area contributed by atoms with Crippen molar-refractivity contribution in [2.45, 2.75) is 64.2 Å². The van der Waals surface area contributed by atoms with Gasteiger partial charge in [-0.05, 0) is 90.1 Å². The molecule has 1 aliphatic rings. The lowest BCUT2D eigenvalue weighted by Crippen LogP contribution is -2.65.